The van der Waals surface area contributed by atoms with Crippen LogP contribution in [-0.4, -0.2) is 13.1 Å². The number of hydrogen-bond acceptors (Lipinski definition) is 1. The topological polar surface area (TPSA) is 12.0 Å². The third-order valence-electron chi connectivity index (χ3n) is 2.45. The van der Waals surface area contributed by atoms with Crippen molar-refractivity contribution in [2.45, 2.75) is 26.7 Å². The quantitative estimate of drug-likeness (QED) is 0.607. The second kappa shape index (κ2) is 3.21. The highest BCUT2D eigenvalue weighted by Crippen LogP contribution is 2.32. The summed E-state index contributed by atoms with van der Waals surface area (Å²) in [4.78, 5) is 0. The molecule has 1 aliphatic rings. The molecule has 0 radical (unpaired) electrons. The Morgan fingerprint density at radius 1 is 1.44 bits per heavy atom. The highest BCUT2D eigenvalue weighted by Gasteiger charge is 2.25. The minimum Gasteiger partial charge on any atom is -0.317 e. The van der Waals surface area contributed by atoms with Gasteiger partial charge in [-0.2, -0.15) is 0 Å². The van der Waals surface area contributed by atoms with E-state index in [1.54, 1.807) is 0 Å². The van der Waals surface area contributed by atoms with Crippen LogP contribution >= 0.6 is 0 Å². The largest absolute Gasteiger partial charge is 0.317 e. The lowest BCUT2D eigenvalue weighted by Crippen LogP contribution is -2.33. The fourth-order valence-corrected chi connectivity index (χ4v) is 1.37. The van der Waals surface area contributed by atoms with E-state index in [4.69, 9.17) is 0 Å². The van der Waals surface area contributed by atoms with Gasteiger partial charge in [0, 0.05) is 0 Å². The first kappa shape index (κ1) is 7.07. The summed E-state index contributed by atoms with van der Waals surface area (Å²) in [5.41, 5.74) is 0. The molecule has 0 bridgehead atoms. The van der Waals surface area contributed by atoms with Crippen LogP contribution in [0.5, 0.6) is 0 Å². The maximum atomic E-state index is 3.38. The first-order valence-corrected chi connectivity index (χ1v) is 4.05. The average molecular weight is 127 g/mol. The van der Waals surface area contributed by atoms with Gasteiger partial charge in [-0.25, -0.2) is 0 Å². The van der Waals surface area contributed by atoms with Gasteiger partial charge in [-0.3, -0.25) is 0 Å². The Balaban J connectivity index is 1.99. The summed E-state index contributed by atoms with van der Waals surface area (Å²) >= 11 is 0. The predicted molar refractivity (Wildman–Crippen MR) is 40.4 cm³/mol. The van der Waals surface area contributed by atoms with E-state index in [1.807, 2.05) is 0 Å². The molecule has 0 aliphatic heterocycles. The van der Waals surface area contributed by atoms with E-state index in [0.717, 1.165) is 18.4 Å². The Hall–Kier alpha value is -0.0400. The Morgan fingerprint density at radius 3 is 2.56 bits per heavy atom. The van der Waals surface area contributed by atoms with Crippen LogP contribution in [0.1, 0.15) is 26.7 Å². The SMILES string of the molecule is CCNC[C@H]1CC[C@H]1C. The molecule has 0 unspecified atom stereocenters. The van der Waals surface area contributed by atoms with Gasteiger partial charge in [0.05, 0.1) is 0 Å². The number of rotatable bonds is 3. The Labute approximate surface area is 57.8 Å². The molecule has 1 N–H and O–H groups in total. The van der Waals surface area contributed by atoms with E-state index in [9.17, 15) is 0 Å². The van der Waals surface area contributed by atoms with E-state index < -0.39 is 0 Å². The van der Waals surface area contributed by atoms with Crippen LogP contribution < -0.4 is 5.32 Å². The average Bonchev–Trinajstić information content (AvgIpc) is 1.86. The Kier molecular flexibility index (Phi) is 2.52. The van der Waals surface area contributed by atoms with Gasteiger partial charge >= 0.3 is 0 Å². The van der Waals surface area contributed by atoms with Crippen LogP contribution in [0.3, 0.4) is 0 Å². The minimum absolute atomic E-state index is 0.990. The Bertz CT molecular complexity index is 80.6. The lowest BCUT2D eigenvalue weighted by Gasteiger charge is -2.33. The molecule has 0 saturated heterocycles. The third-order valence-corrected chi connectivity index (χ3v) is 2.45. The highest BCUT2D eigenvalue weighted by atomic mass is 14.8. The molecule has 1 nitrogen and oxygen atoms in total. The van der Waals surface area contributed by atoms with E-state index in [-0.39, 0.29) is 0 Å². The first-order chi connectivity index (χ1) is 4.34. The van der Waals surface area contributed by atoms with Crippen molar-refractivity contribution < 1.29 is 0 Å². The van der Waals surface area contributed by atoms with Gasteiger partial charge in [-0.15, -0.1) is 0 Å². The van der Waals surface area contributed by atoms with Crippen molar-refractivity contribution in [3.63, 3.8) is 0 Å². The summed E-state index contributed by atoms with van der Waals surface area (Å²) in [6, 6.07) is 0. The number of hydrogen-bond donors (Lipinski definition) is 1. The minimum atomic E-state index is 0.990. The summed E-state index contributed by atoms with van der Waals surface area (Å²) in [7, 11) is 0. The summed E-state index contributed by atoms with van der Waals surface area (Å²) in [6.07, 6.45) is 2.91. The fourth-order valence-electron chi connectivity index (χ4n) is 1.37. The normalized spacial score (nSPS) is 34.0. The monoisotopic (exact) mass is 127 g/mol. The van der Waals surface area contributed by atoms with Gasteiger partial charge in [0.25, 0.3) is 0 Å². The first-order valence-electron chi connectivity index (χ1n) is 4.05. The standard InChI is InChI=1S/C8H17N/c1-3-9-6-8-5-4-7(8)2/h7-9H,3-6H2,1-2H3/t7-,8-/m1/s1. The van der Waals surface area contributed by atoms with Crippen molar-refractivity contribution in [1.29, 1.82) is 0 Å². The summed E-state index contributed by atoms with van der Waals surface area (Å²) < 4.78 is 0. The van der Waals surface area contributed by atoms with E-state index in [2.05, 4.69) is 19.2 Å². The second-order valence-electron chi connectivity index (χ2n) is 3.12. The molecule has 1 rings (SSSR count). The lowest BCUT2D eigenvalue weighted by molar-refractivity contribution is 0.192. The maximum Gasteiger partial charge on any atom is -0.00181 e. The van der Waals surface area contributed by atoms with E-state index >= 15 is 0 Å². The van der Waals surface area contributed by atoms with Crippen molar-refractivity contribution >= 4 is 0 Å². The molecule has 0 aromatic rings. The van der Waals surface area contributed by atoms with Gasteiger partial charge in [-0.1, -0.05) is 20.3 Å². The number of nitrogens with one attached hydrogen (secondary N) is 1. The van der Waals surface area contributed by atoms with E-state index in [1.165, 1.54) is 19.4 Å². The molecule has 9 heavy (non-hydrogen) atoms. The van der Waals surface area contributed by atoms with Crippen LogP contribution in [0.2, 0.25) is 0 Å². The second-order valence-corrected chi connectivity index (χ2v) is 3.12. The van der Waals surface area contributed by atoms with Crippen molar-refractivity contribution in [2.24, 2.45) is 11.8 Å². The Morgan fingerprint density at radius 2 is 2.22 bits per heavy atom. The molecule has 2 atom stereocenters. The zero-order chi connectivity index (χ0) is 6.69. The van der Waals surface area contributed by atoms with Gasteiger partial charge in [-0.05, 0) is 31.3 Å². The predicted octanol–water partition coefficient (Wildman–Crippen LogP) is 1.64. The van der Waals surface area contributed by atoms with Crippen LogP contribution in [0, 0.1) is 11.8 Å². The van der Waals surface area contributed by atoms with Crippen LogP contribution in [0.15, 0.2) is 0 Å². The molecular formula is C8H17N. The van der Waals surface area contributed by atoms with Gasteiger partial charge in [0.1, 0.15) is 0 Å². The summed E-state index contributed by atoms with van der Waals surface area (Å²) in [6.45, 7) is 6.90. The molecular weight excluding hydrogens is 110 g/mol. The maximum absolute atomic E-state index is 3.38. The zero-order valence-electron chi connectivity index (χ0n) is 6.48. The smallest absolute Gasteiger partial charge is 0.00181 e. The fraction of sp³-hybridized carbons (Fsp3) is 1.00. The van der Waals surface area contributed by atoms with Crippen molar-refractivity contribution in [2.75, 3.05) is 13.1 Å². The molecule has 0 amide bonds. The van der Waals surface area contributed by atoms with Crippen LogP contribution in [-0.2, 0) is 0 Å². The summed E-state index contributed by atoms with van der Waals surface area (Å²) in [5.74, 6) is 1.98. The molecule has 0 aromatic heterocycles. The molecule has 1 aliphatic carbocycles. The molecule has 1 heteroatoms. The molecule has 0 heterocycles. The van der Waals surface area contributed by atoms with E-state index in [0.29, 0.717) is 0 Å². The zero-order valence-corrected chi connectivity index (χ0v) is 6.48. The molecule has 1 fully saturated rings. The lowest BCUT2D eigenvalue weighted by atomic mass is 9.75. The molecule has 0 aromatic carbocycles. The van der Waals surface area contributed by atoms with Gasteiger partial charge < -0.3 is 5.32 Å². The molecule has 0 spiro atoms. The summed E-state index contributed by atoms with van der Waals surface area (Å²) in [5, 5.41) is 3.38. The van der Waals surface area contributed by atoms with Gasteiger partial charge in [0.15, 0.2) is 0 Å². The van der Waals surface area contributed by atoms with Crippen molar-refractivity contribution in [3.05, 3.63) is 0 Å². The highest BCUT2D eigenvalue weighted by molar-refractivity contribution is 4.78. The van der Waals surface area contributed by atoms with Crippen LogP contribution in [0.25, 0.3) is 0 Å². The molecule has 1 saturated carbocycles. The van der Waals surface area contributed by atoms with Crippen molar-refractivity contribution in [1.82, 2.24) is 5.32 Å². The van der Waals surface area contributed by atoms with Crippen molar-refractivity contribution in [3.8, 4) is 0 Å². The van der Waals surface area contributed by atoms with Crippen LogP contribution in [0.4, 0.5) is 0 Å². The molecule has 54 valence electrons. The third kappa shape index (κ3) is 1.68. The van der Waals surface area contributed by atoms with Gasteiger partial charge in [0.2, 0.25) is 0 Å².